The molecule has 2 heterocycles. The van der Waals surface area contributed by atoms with Crippen LogP contribution in [0.3, 0.4) is 0 Å². The molecule has 0 aliphatic rings. The second-order valence-corrected chi connectivity index (χ2v) is 6.58. The van der Waals surface area contributed by atoms with Crippen molar-refractivity contribution in [2.45, 2.75) is 0 Å². The fourth-order valence-electron chi connectivity index (χ4n) is 2.25. The molecule has 4 rings (SSSR count). The van der Waals surface area contributed by atoms with E-state index in [4.69, 9.17) is 0 Å². The lowest BCUT2D eigenvalue weighted by molar-refractivity contribution is -0.484. The van der Waals surface area contributed by atoms with Gasteiger partial charge in [0, 0.05) is 11.6 Å². The number of benzene rings is 2. The zero-order valence-electron chi connectivity index (χ0n) is 9.91. The molecule has 92 valence electrons. The smallest absolute Gasteiger partial charge is 0.391 e. The highest BCUT2D eigenvalue weighted by atomic mass is 32.2. The van der Waals surface area contributed by atoms with Crippen molar-refractivity contribution < 1.29 is 9.51 Å². The lowest BCUT2D eigenvalue weighted by Crippen LogP contribution is -2.15. The third-order valence-corrected chi connectivity index (χ3v) is 5.53. The number of aromatic nitrogens is 1. The van der Waals surface area contributed by atoms with E-state index >= 15 is 0 Å². The van der Waals surface area contributed by atoms with Gasteiger partial charge in [0.05, 0.1) is 0 Å². The van der Waals surface area contributed by atoms with Crippen molar-refractivity contribution in [3.05, 3.63) is 54.6 Å². The van der Waals surface area contributed by atoms with Crippen LogP contribution in [0.1, 0.15) is 0 Å². The van der Waals surface area contributed by atoms with Gasteiger partial charge in [0.15, 0.2) is 4.88 Å². The summed E-state index contributed by atoms with van der Waals surface area (Å²) in [5.41, 5.74) is 2.13. The zero-order chi connectivity index (χ0) is 12.8. The maximum absolute atomic E-state index is 10.5. The number of para-hydroxylation sites is 1. The van der Waals surface area contributed by atoms with Gasteiger partial charge in [-0.3, -0.25) is 0 Å². The third-order valence-electron chi connectivity index (χ3n) is 3.13. The normalized spacial score (nSPS) is 11.4. The minimum Gasteiger partial charge on any atom is -0.458 e. The maximum Gasteiger partial charge on any atom is 0.391 e. The number of aromatic hydroxyl groups is 1. The van der Waals surface area contributed by atoms with Gasteiger partial charge in [-0.2, -0.15) is 0 Å². The second kappa shape index (κ2) is 4.05. The summed E-state index contributed by atoms with van der Waals surface area (Å²) in [7, 11) is 0. The van der Waals surface area contributed by atoms with Gasteiger partial charge in [-0.05, 0) is 17.4 Å². The van der Waals surface area contributed by atoms with Gasteiger partial charge >= 0.3 is 10.0 Å². The van der Waals surface area contributed by atoms with Gasteiger partial charge in [0.2, 0.25) is 5.52 Å². The van der Waals surface area contributed by atoms with Crippen molar-refractivity contribution in [1.29, 1.82) is 0 Å². The fraction of sp³-hybridized carbons (Fsp3) is 0. The van der Waals surface area contributed by atoms with Crippen molar-refractivity contribution in [1.82, 2.24) is 0 Å². The van der Waals surface area contributed by atoms with E-state index in [1.54, 1.807) is 22.7 Å². The standard InChI is InChI=1S/C15H9NOS2/c17-14-13(10-6-2-1-3-7-10)19-15-16(14)11-8-4-5-9-12(11)18-15/h1-9H/p+1. The summed E-state index contributed by atoms with van der Waals surface area (Å²) in [4.78, 5) is 0.928. The number of rotatable bonds is 1. The summed E-state index contributed by atoms with van der Waals surface area (Å²) in [6.45, 7) is 0. The van der Waals surface area contributed by atoms with Gasteiger partial charge in [-0.15, -0.1) is 4.40 Å². The largest absolute Gasteiger partial charge is 0.458 e. The van der Waals surface area contributed by atoms with Gasteiger partial charge in [0.25, 0.3) is 0 Å². The number of fused-ring (bicyclic) bond motifs is 3. The molecule has 0 atom stereocenters. The lowest BCUT2D eigenvalue weighted by Gasteiger charge is -1.93. The van der Waals surface area contributed by atoms with Crippen molar-refractivity contribution in [2.75, 3.05) is 0 Å². The molecule has 2 aromatic carbocycles. The van der Waals surface area contributed by atoms with Gasteiger partial charge < -0.3 is 5.11 Å². The molecular weight excluding hydrogens is 274 g/mol. The average Bonchev–Trinajstić information content (AvgIpc) is 2.97. The van der Waals surface area contributed by atoms with Crippen LogP contribution in [0.4, 0.5) is 0 Å². The summed E-state index contributed by atoms with van der Waals surface area (Å²) in [5.74, 6) is 0.337. The molecule has 0 saturated heterocycles. The fourth-order valence-corrected chi connectivity index (χ4v) is 4.69. The van der Waals surface area contributed by atoms with E-state index < -0.39 is 0 Å². The monoisotopic (exact) mass is 284 g/mol. The molecule has 0 spiro atoms. The molecule has 4 heteroatoms. The Kier molecular flexibility index (Phi) is 2.33. The Labute approximate surface area is 117 Å². The van der Waals surface area contributed by atoms with E-state index in [9.17, 15) is 5.11 Å². The lowest BCUT2D eigenvalue weighted by atomic mass is 10.2. The first-order chi connectivity index (χ1) is 9.34. The number of nitrogens with zero attached hydrogens (tertiary/aromatic N) is 1. The Morgan fingerprint density at radius 3 is 2.42 bits per heavy atom. The molecule has 0 fully saturated rings. The minimum absolute atomic E-state index is 0.337. The predicted octanol–water partition coefficient (Wildman–Crippen LogP) is 4.07. The van der Waals surface area contributed by atoms with Crippen molar-refractivity contribution in [2.24, 2.45) is 0 Å². The van der Waals surface area contributed by atoms with Crippen LogP contribution in [0, 0.1) is 0 Å². The number of hydrogen-bond acceptors (Lipinski definition) is 3. The second-order valence-electron chi connectivity index (χ2n) is 4.29. The summed E-state index contributed by atoms with van der Waals surface area (Å²) < 4.78 is 4.24. The highest BCUT2D eigenvalue weighted by molar-refractivity contribution is 7.39. The molecule has 2 nitrogen and oxygen atoms in total. The van der Waals surface area contributed by atoms with Crippen molar-refractivity contribution >= 4 is 37.0 Å². The molecule has 0 unspecified atom stereocenters. The van der Waals surface area contributed by atoms with Crippen LogP contribution in [0.5, 0.6) is 5.88 Å². The van der Waals surface area contributed by atoms with Crippen LogP contribution in [-0.2, 0) is 0 Å². The molecule has 0 aliphatic heterocycles. The molecule has 0 bridgehead atoms. The Balaban J connectivity index is 2.08. The molecule has 4 aromatic rings. The molecule has 2 aromatic heterocycles. The summed E-state index contributed by atoms with van der Waals surface area (Å²) in [5, 5.41) is 10.5. The van der Waals surface area contributed by atoms with Gasteiger partial charge in [-0.25, -0.2) is 0 Å². The highest BCUT2D eigenvalue weighted by Crippen LogP contribution is 2.38. The van der Waals surface area contributed by atoms with Crippen LogP contribution in [0.25, 0.3) is 24.8 Å². The van der Waals surface area contributed by atoms with Crippen LogP contribution in [-0.4, -0.2) is 5.11 Å². The SMILES string of the molecule is Oc1c(-c2ccccc2)sc2sc3ccccc3[n+]12. The Morgan fingerprint density at radius 2 is 1.58 bits per heavy atom. The van der Waals surface area contributed by atoms with Crippen molar-refractivity contribution in [3.8, 4) is 16.3 Å². The average molecular weight is 284 g/mol. The molecule has 0 radical (unpaired) electrons. The first kappa shape index (κ1) is 11.0. The zero-order valence-corrected chi connectivity index (χ0v) is 11.5. The molecule has 1 N–H and O–H groups in total. The van der Waals surface area contributed by atoms with E-state index in [1.165, 1.54) is 4.70 Å². The summed E-state index contributed by atoms with van der Waals surface area (Å²) in [6.07, 6.45) is 0. The predicted molar refractivity (Wildman–Crippen MR) is 80.0 cm³/mol. The Hall–Kier alpha value is -1.91. The molecule has 0 saturated carbocycles. The summed E-state index contributed by atoms with van der Waals surface area (Å²) in [6, 6.07) is 18.2. The highest BCUT2D eigenvalue weighted by Gasteiger charge is 2.26. The van der Waals surface area contributed by atoms with Crippen LogP contribution >= 0.6 is 22.7 Å². The number of thiazole rings is 2. The minimum atomic E-state index is 0.337. The first-order valence-corrected chi connectivity index (χ1v) is 7.58. The molecular formula is C15H10NOS2+. The van der Waals surface area contributed by atoms with E-state index in [1.807, 2.05) is 52.9 Å². The Morgan fingerprint density at radius 1 is 0.842 bits per heavy atom. The molecule has 0 amide bonds. The van der Waals surface area contributed by atoms with E-state index in [2.05, 4.69) is 6.07 Å². The third kappa shape index (κ3) is 1.57. The quantitative estimate of drug-likeness (QED) is 0.523. The summed E-state index contributed by atoms with van der Waals surface area (Å²) >= 11 is 3.35. The van der Waals surface area contributed by atoms with Crippen LogP contribution in [0.2, 0.25) is 0 Å². The first-order valence-electron chi connectivity index (χ1n) is 5.95. The Bertz CT molecular complexity index is 877. The molecule has 0 aliphatic carbocycles. The topological polar surface area (TPSA) is 24.3 Å². The van der Waals surface area contributed by atoms with E-state index in [0.29, 0.717) is 5.88 Å². The van der Waals surface area contributed by atoms with Crippen LogP contribution in [0.15, 0.2) is 54.6 Å². The maximum atomic E-state index is 10.5. The molecule has 19 heavy (non-hydrogen) atoms. The number of hydrogen-bond donors (Lipinski definition) is 1. The van der Waals surface area contributed by atoms with Gasteiger partial charge in [-0.1, -0.05) is 53.8 Å². The van der Waals surface area contributed by atoms with E-state index in [-0.39, 0.29) is 0 Å². The van der Waals surface area contributed by atoms with E-state index in [0.717, 1.165) is 20.1 Å². The van der Waals surface area contributed by atoms with Gasteiger partial charge in [0.1, 0.15) is 4.70 Å². The van der Waals surface area contributed by atoms with Crippen LogP contribution < -0.4 is 4.40 Å². The van der Waals surface area contributed by atoms with Crippen molar-refractivity contribution in [3.63, 3.8) is 0 Å².